The summed E-state index contributed by atoms with van der Waals surface area (Å²) in [6, 6.07) is 5.46. The quantitative estimate of drug-likeness (QED) is 0.795. The monoisotopic (exact) mass is 321 g/mol. The number of halogens is 1. The minimum absolute atomic E-state index is 0.0499. The molecule has 0 aliphatic carbocycles. The van der Waals surface area contributed by atoms with Crippen LogP contribution in [0.1, 0.15) is 23.7 Å². The standard InChI is InChI=1S/C14H16BrN3O/c1-2-8-18(9-5-15)14(19)11-3-4-12-13(10-11)17-7-6-16-12/h3-4,6-7,10H,2,5,8-9H2,1H3. The van der Waals surface area contributed by atoms with Crippen LogP contribution in [0.3, 0.4) is 0 Å². The zero-order valence-corrected chi connectivity index (χ0v) is 12.4. The number of fused-ring (bicyclic) bond motifs is 1. The van der Waals surface area contributed by atoms with E-state index in [0.29, 0.717) is 12.1 Å². The molecule has 100 valence electrons. The van der Waals surface area contributed by atoms with Crippen molar-refractivity contribution in [1.82, 2.24) is 14.9 Å². The molecule has 5 heteroatoms. The van der Waals surface area contributed by atoms with Crippen LogP contribution in [0, 0.1) is 0 Å². The first kappa shape index (κ1) is 13.9. The number of rotatable bonds is 5. The van der Waals surface area contributed by atoms with Gasteiger partial charge in [0.25, 0.3) is 5.91 Å². The van der Waals surface area contributed by atoms with Crippen LogP contribution in [0.5, 0.6) is 0 Å². The summed E-state index contributed by atoms with van der Waals surface area (Å²) in [6.07, 6.45) is 4.24. The Balaban J connectivity index is 2.29. The Kier molecular flexibility index (Phi) is 4.85. The topological polar surface area (TPSA) is 46.1 Å². The summed E-state index contributed by atoms with van der Waals surface area (Å²) < 4.78 is 0. The summed E-state index contributed by atoms with van der Waals surface area (Å²) in [5.74, 6) is 0.0499. The number of carbonyl (C=O) groups excluding carboxylic acids is 1. The van der Waals surface area contributed by atoms with Gasteiger partial charge in [-0.3, -0.25) is 14.8 Å². The Morgan fingerprint density at radius 3 is 2.63 bits per heavy atom. The second-order valence-corrected chi connectivity index (χ2v) is 5.03. The fraction of sp³-hybridized carbons (Fsp3) is 0.357. The third-order valence-electron chi connectivity index (χ3n) is 2.85. The van der Waals surface area contributed by atoms with Gasteiger partial charge in [0.05, 0.1) is 11.0 Å². The molecule has 0 radical (unpaired) electrons. The van der Waals surface area contributed by atoms with Crippen LogP contribution >= 0.6 is 15.9 Å². The summed E-state index contributed by atoms with van der Waals surface area (Å²) in [7, 11) is 0. The second kappa shape index (κ2) is 6.61. The fourth-order valence-corrected chi connectivity index (χ4v) is 2.39. The number of aromatic nitrogens is 2. The Bertz CT molecular complexity index is 567. The molecule has 1 aromatic heterocycles. The van der Waals surface area contributed by atoms with Gasteiger partial charge < -0.3 is 4.90 Å². The van der Waals surface area contributed by atoms with Crippen LogP contribution in [0.2, 0.25) is 0 Å². The van der Waals surface area contributed by atoms with Crippen LogP contribution < -0.4 is 0 Å². The largest absolute Gasteiger partial charge is 0.338 e. The smallest absolute Gasteiger partial charge is 0.253 e. The Hall–Kier alpha value is -1.49. The van der Waals surface area contributed by atoms with Gasteiger partial charge in [-0.05, 0) is 24.6 Å². The van der Waals surface area contributed by atoms with E-state index in [1.54, 1.807) is 12.4 Å². The van der Waals surface area contributed by atoms with Crippen molar-refractivity contribution in [3.8, 4) is 0 Å². The van der Waals surface area contributed by atoms with Crippen LogP contribution in [0.4, 0.5) is 0 Å². The summed E-state index contributed by atoms with van der Waals surface area (Å²) in [5, 5.41) is 0.784. The van der Waals surface area contributed by atoms with Crippen molar-refractivity contribution in [3.63, 3.8) is 0 Å². The molecule has 0 saturated heterocycles. The lowest BCUT2D eigenvalue weighted by Crippen LogP contribution is -2.33. The van der Waals surface area contributed by atoms with Gasteiger partial charge in [0.1, 0.15) is 0 Å². The second-order valence-electron chi connectivity index (χ2n) is 4.24. The number of nitrogens with zero attached hydrogens (tertiary/aromatic N) is 3. The lowest BCUT2D eigenvalue weighted by atomic mass is 10.1. The molecular formula is C14H16BrN3O. The summed E-state index contributed by atoms with van der Waals surface area (Å²) >= 11 is 3.38. The van der Waals surface area contributed by atoms with Crippen LogP contribution in [-0.4, -0.2) is 39.2 Å². The molecule has 0 unspecified atom stereocenters. The molecule has 0 spiro atoms. The summed E-state index contributed by atoms with van der Waals surface area (Å²) in [4.78, 5) is 22.7. The Morgan fingerprint density at radius 1 is 1.21 bits per heavy atom. The van der Waals surface area contributed by atoms with E-state index in [-0.39, 0.29) is 5.91 Å². The van der Waals surface area contributed by atoms with E-state index in [1.807, 2.05) is 23.1 Å². The van der Waals surface area contributed by atoms with E-state index in [2.05, 4.69) is 32.8 Å². The van der Waals surface area contributed by atoms with Crippen molar-refractivity contribution in [3.05, 3.63) is 36.2 Å². The predicted molar refractivity (Wildman–Crippen MR) is 79.5 cm³/mol. The zero-order valence-electron chi connectivity index (χ0n) is 10.8. The van der Waals surface area contributed by atoms with Crippen molar-refractivity contribution in [1.29, 1.82) is 0 Å². The minimum atomic E-state index is 0.0499. The van der Waals surface area contributed by atoms with Gasteiger partial charge in [-0.1, -0.05) is 22.9 Å². The third kappa shape index (κ3) is 3.29. The molecule has 1 heterocycles. The molecule has 0 aliphatic heterocycles. The van der Waals surface area contributed by atoms with Gasteiger partial charge >= 0.3 is 0 Å². The third-order valence-corrected chi connectivity index (χ3v) is 3.21. The van der Waals surface area contributed by atoms with E-state index in [4.69, 9.17) is 0 Å². The minimum Gasteiger partial charge on any atom is -0.338 e. The Labute approximate surface area is 121 Å². The molecule has 0 N–H and O–H groups in total. The first-order valence-corrected chi connectivity index (χ1v) is 7.44. The van der Waals surface area contributed by atoms with Crippen LogP contribution in [0.15, 0.2) is 30.6 Å². The van der Waals surface area contributed by atoms with E-state index in [0.717, 1.165) is 29.3 Å². The number of hydrogen-bond acceptors (Lipinski definition) is 3. The van der Waals surface area contributed by atoms with Crippen molar-refractivity contribution >= 4 is 32.9 Å². The Morgan fingerprint density at radius 2 is 1.95 bits per heavy atom. The van der Waals surface area contributed by atoms with Gasteiger partial charge in [-0.2, -0.15) is 0 Å². The van der Waals surface area contributed by atoms with E-state index < -0.39 is 0 Å². The molecule has 1 aromatic carbocycles. The lowest BCUT2D eigenvalue weighted by molar-refractivity contribution is 0.0766. The van der Waals surface area contributed by atoms with E-state index in [1.165, 1.54) is 0 Å². The van der Waals surface area contributed by atoms with Crippen LogP contribution in [0.25, 0.3) is 11.0 Å². The highest BCUT2D eigenvalue weighted by atomic mass is 79.9. The molecular weight excluding hydrogens is 306 g/mol. The SMILES string of the molecule is CCCN(CCBr)C(=O)c1ccc2nccnc2c1. The normalized spacial score (nSPS) is 10.6. The van der Waals surface area contributed by atoms with Gasteiger partial charge in [-0.25, -0.2) is 0 Å². The van der Waals surface area contributed by atoms with Crippen molar-refractivity contribution in [2.45, 2.75) is 13.3 Å². The number of carbonyl (C=O) groups is 1. The van der Waals surface area contributed by atoms with Crippen molar-refractivity contribution < 1.29 is 4.79 Å². The number of hydrogen-bond donors (Lipinski definition) is 0. The maximum absolute atomic E-state index is 12.4. The molecule has 1 amide bonds. The van der Waals surface area contributed by atoms with Gasteiger partial charge in [0.2, 0.25) is 0 Å². The molecule has 0 saturated carbocycles. The molecule has 0 fully saturated rings. The fourth-order valence-electron chi connectivity index (χ4n) is 1.97. The average molecular weight is 322 g/mol. The lowest BCUT2D eigenvalue weighted by Gasteiger charge is -2.21. The molecule has 0 bridgehead atoms. The number of amides is 1. The van der Waals surface area contributed by atoms with Gasteiger partial charge in [0.15, 0.2) is 0 Å². The zero-order chi connectivity index (χ0) is 13.7. The van der Waals surface area contributed by atoms with Crippen molar-refractivity contribution in [2.75, 3.05) is 18.4 Å². The molecule has 0 aliphatic rings. The van der Waals surface area contributed by atoms with E-state index in [9.17, 15) is 4.79 Å². The molecule has 4 nitrogen and oxygen atoms in total. The highest BCUT2D eigenvalue weighted by Crippen LogP contribution is 2.13. The predicted octanol–water partition coefficient (Wildman–Crippen LogP) is 2.88. The molecule has 0 atom stereocenters. The highest BCUT2D eigenvalue weighted by Gasteiger charge is 2.14. The summed E-state index contributed by atoms with van der Waals surface area (Å²) in [5.41, 5.74) is 2.23. The molecule has 2 aromatic rings. The molecule has 19 heavy (non-hydrogen) atoms. The number of benzene rings is 1. The maximum Gasteiger partial charge on any atom is 0.253 e. The average Bonchev–Trinajstić information content (AvgIpc) is 2.46. The van der Waals surface area contributed by atoms with Gasteiger partial charge in [-0.15, -0.1) is 0 Å². The highest BCUT2D eigenvalue weighted by molar-refractivity contribution is 9.09. The van der Waals surface area contributed by atoms with Gasteiger partial charge in [0, 0.05) is 36.4 Å². The number of alkyl halides is 1. The molecule has 2 rings (SSSR count). The van der Waals surface area contributed by atoms with Crippen molar-refractivity contribution in [2.24, 2.45) is 0 Å². The summed E-state index contributed by atoms with van der Waals surface area (Å²) in [6.45, 7) is 3.55. The van der Waals surface area contributed by atoms with Crippen LogP contribution in [-0.2, 0) is 0 Å². The first-order chi connectivity index (χ1) is 9.26. The maximum atomic E-state index is 12.4. The van der Waals surface area contributed by atoms with E-state index >= 15 is 0 Å². The first-order valence-electron chi connectivity index (χ1n) is 6.32.